The fraction of sp³-hybridized carbons (Fsp3) is 0.440. The number of nitrogens with zero attached hydrogens (tertiary/aromatic N) is 7. The number of hydrogen-bond donors (Lipinski definition) is 0. The van der Waals surface area contributed by atoms with E-state index in [4.69, 9.17) is 21.4 Å². The van der Waals surface area contributed by atoms with Crippen LogP contribution in [0.2, 0.25) is 5.02 Å². The van der Waals surface area contributed by atoms with Gasteiger partial charge >= 0.3 is 0 Å². The Hall–Kier alpha value is -2.99. The minimum absolute atomic E-state index is 0.307. The Balaban J connectivity index is 1.29. The third-order valence-corrected chi connectivity index (χ3v) is 7.47. The number of ether oxygens (including phenoxy) is 1. The Morgan fingerprint density at radius 3 is 2.74 bits per heavy atom. The average Bonchev–Trinajstić information content (AvgIpc) is 3.52. The van der Waals surface area contributed by atoms with E-state index in [1.165, 1.54) is 5.56 Å². The molecule has 0 unspecified atom stereocenters. The zero-order valence-corrected chi connectivity index (χ0v) is 19.7. The first kappa shape index (κ1) is 21.5. The van der Waals surface area contributed by atoms with Gasteiger partial charge in [0.15, 0.2) is 5.82 Å². The fourth-order valence-corrected chi connectivity index (χ4v) is 5.61. The molecule has 0 aliphatic carbocycles. The molecule has 0 bridgehead atoms. The van der Waals surface area contributed by atoms with Gasteiger partial charge in [0.1, 0.15) is 11.6 Å². The summed E-state index contributed by atoms with van der Waals surface area (Å²) in [7, 11) is 0. The summed E-state index contributed by atoms with van der Waals surface area (Å²) < 4.78 is 7.95. The van der Waals surface area contributed by atoms with Gasteiger partial charge in [-0.15, -0.1) is 10.2 Å². The molecule has 0 amide bonds. The molecule has 9 heteroatoms. The van der Waals surface area contributed by atoms with Gasteiger partial charge in [0, 0.05) is 49.4 Å². The van der Waals surface area contributed by atoms with Gasteiger partial charge in [-0.25, -0.2) is 4.98 Å². The van der Waals surface area contributed by atoms with Gasteiger partial charge in [0.25, 0.3) is 0 Å². The lowest BCUT2D eigenvalue weighted by Gasteiger charge is -2.32. The summed E-state index contributed by atoms with van der Waals surface area (Å²) in [4.78, 5) is 9.19. The highest BCUT2D eigenvalue weighted by Crippen LogP contribution is 2.35. The smallest absolute Gasteiger partial charge is 0.151 e. The maximum absolute atomic E-state index is 9.22. The first-order valence-electron chi connectivity index (χ1n) is 11.9. The molecular formula is C25H26ClN7O. The van der Waals surface area contributed by atoms with E-state index >= 15 is 0 Å². The topological polar surface area (TPSA) is 83.1 Å². The summed E-state index contributed by atoms with van der Waals surface area (Å²) in [5.41, 5.74) is 2.98. The van der Waals surface area contributed by atoms with E-state index in [1.807, 2.05) is 12.1 Å². The Labute approximate surface area is 203 Å². The third-order valence-electron chi connectivity index (χ3n) is 7.24. The van der Waals surface area contributed by atoms with Crippen molar-refractivity contribution in [1.29, 1.82) is 5.26 Å². The lowest BCUT2D eigenvalue weighted by molar-refractivity contribution is 0.133. The second-order valence-electron chi connectivity index (χ2n) is 9.28. The van der Waals surface area contributed by atoms with E-state index in [1.54, 1.807) is 12.3 Å². The van der Waals surface area contributed by atoms with Crippen molar-refractivity contribution in [3.63, 3.8) is 0 Å². The zero-order chi connectivity index (χ0) is 23.1. The number of halogens is 1. The summed E-state index contributed by atoms with van der Waals surface area (Å²) in [6.45, 7) is 4.88. The number of hydrogen-bond acceptors (Lipinski definition) is 7. The molecule has 1 atom stereocenters. The monoisotopic (exact) mass is 475 g/mol. The van der Waals surface area contributed by atoms with Crippen LogP contribution in [0, 0.1) is 11.3 Å². The predicted octanol–water partition coefficient (Wildman–Crippen LogP) is 3.68. The molecule has 2 aromatic heterocycles. The van der Waals surface area contributed by atoms with Gasteiger partial charge in [-0.3, -0.25) is 9.47 Å². The predicted molar refractivity (Wildman–Crippen MR) is 128 cm³/mol. The van der Waals surface area contributed by atoms with Crippen molar-refractivity contribution in [2.75, 3.05) is 31.2 Å². The van der Waals surface area contributed by atoms with Crippen molar-refractivity contribution in [2.45, 2.75) is 44.3 Å². The number of nitriles is 1. The molecule has 34 heavy (non-hydrogen) atoms. The van der Waals surface area contributed by atoms with Crippen molar-refractivity contribution in [1.82, 2.24) is 24.6 Å². The molecule has 6 rings (SSSR count). The summed E-state index contributed by atoms with van der Waals surface area (Å²) in [6.07, 6.45) is 4.66. The zero-order valence-electron chi connectivity index (χ0n) is 18.9. The van der Waals surface area contributed by atoms with Crippen LogP contribution in [0.4, 0.5) is 5.82 Å². The summed E-state index contributed by atoms with van der Waals surface area (Å²) >= 11 is 6.41. The molecule has 3 aliphatic heterocycles. The van der Waals surface area contributed by atoms with Crippen LogP contribution in [0.5, 0.6) is 0 Å². The third kappa shape index (κ3) is 3.94. The molecule has 5 heterocycles. The van der Waals surface area contributed by atoms with Crippen LogP contribution in [-0.4, -0.2) is 57.0 Å². The molecule has 2 saturated heterocycles. The van der Waals surface area contributed by atoms with Crippen LogP contribution in [-0.2, 0) is 17.8 Å². The first-order valence-corrected chi connectivity index (χ1v) is 12.2. The summed E-state index contributed by atoms with van der Waals surface area (Å²) in [5, 5.41) is 19.4. The van der Waals surface area contributed by atoms with Crippen molar-refractivity contribution < 1.29 is 4.74 Å². The van der Waals surface area contributed by atoms with E-state index in [0.717, 1.165) is 86.8 Å². The maximum atomic E-state index is 9.22. The van der Waals surface area contributed by atoms with Gasteiger partial charge < -0.3 is 9.64 Å². The molecule has 0 spiro atoms. The number of aromatic nitrogens is 4. The lowest BCUT2D eigenvalue weighted by atomic mass is 9.95. The van der Waals surface area contributed by atoms with Crippen LogP contribution in [0.1, 0.15) is 48.0 Å². The van der Waals surface area contributed by atoms with Crippen LogP contribution in [0.3, 0.4) is 0 Å². The second kappa shape index (κ2) is 8.99. The number of pyridine rings is 1. The van der Waals surface area contributed by atoms with Gasteiger partial charge in [-0.05, 0) is 55.2 Å². The molecule has 0 N–H and O–H groups in total. The standard InChI is InChI=1S/C25H26ClN7O/c26-20-1-2-22-19(12-20)14-32(21-6-10-34-16-21)15-24-29-30-25(33(22)24)18-4-8-31(9-5-18)23-11-17(13-27)3-7-28-23/h1-3,7,11-12,18,21H,4-6,8-10,14-16H2/t21-/m0/s1. The Morgan fingerprint density at radius 2 is 1.94 bits per heavy atom. The quantitative estimate of drug-likeness (QED) is 0.571. The SMILES string of the molecule is N#Cc1ccnc(N2CCC(c3nnc4n3-c3ccc(Cl)cc3CN([C@H]3CCOC3)C4)CC2)c1. The number of anilines is 1. The second-order valence-corrected chi connectivity index (χ2v) is 9.72. The molecule has 8 nitrogen and oxygen atoms in total. The van der Waals surface area contributed by atoms with E-state index in [0.29, 0.717) is 17.5 Å². The molecule has 174 valence electrons. The average molecular weight is 476 g/mol. The minimum atomic E-state index is 0.307. The number of benzene rings is 1. The normalized spacial score (nSPS) is 21.1. The van der Waals surface area contributed by atoms with Crippen LogP contribution >= 0.6 is 11.6 Å². The molecule has 0 saturated carbocycles. The van der Waals surface area contributed by atoms with Crippen molar-refractivity contribution >= 4 is 17.4 Å². The van der Waals surface area contributed by atoms with Crippen molar-refractivity contribution in [3.05, 3.63) is 64.3 Å². The van der Waals surface area contributed by atoms with Crippen LogP contribution < -0.4 is 4.90 Å². The molecule has 3 aromatic rings. The molecule has 3 aliphatic rings. The number of piperidine rings is 1. The largest absolute Gasteiger partial charge is 0.380 e. The van der Waals surface area contributed by atoms with E-state index in [2.05, 4.69) is 42.7 Å². The Bertz CT molecular complexity index is 1240. The van der Waals surface area contributed by atoms with Gasteiger partial charge in [-0.2, -0.15) is 5.26 Å². The number of rotatable bonds is 3. The summed E-state index contributed by atoms with van der Waals surface area (Å²) in [5.74, 6) is 3.18. The molecule has 0 radical (unpaired) electrons. The van der Waals surface area contributed by atoms with Gasteiger partial charge in [0.2, 0.25) is 0 Å². The van der Waals surface area contributed by atoms with Gasteiger partial charge in [-0.1, -0.05) is 11.6 Å². The minimum Gasteiger partial charge on any atom is -0.380 e. The highest BCUT2D eigenvalue weighted by molar-refractivity contribution is 6.30. The highest BCUT2D eigenvalue weighted by Gasteiger charge is 2.33. The highest BCUT2D eigenvalue weighted by atomic mass is 35.5. The molecule has 1 aromatic carbocycles. The van der Waals surface area contributed by atoms with Crippen molar-refractivity contribution in [3.8, 4) is 11.8 Å². The van der Waals surface area contributed by atoms with Crippen molar-refractivity contribution in [2.24, 2.45) is 0 Å². The van der Waals surface area contributed by atoms with E-state index in [-0.39, 0.29) is 0 Å². The Kier molecular flexibility index (Phi) is 5.69. The first-order chi connectivity index (χ1) is 16.7. The molecular weight excluding hydrogens is 450 g/mol. The Morgan fingerprint density at radius 1 is 1.06 bits per heavy atom. The fourth-order valence-electron chi connectivity index (χ4n) is 5.41. The lowest BCUT2D eigenvalue weighted by Crippen LogP contribution is -2.34. The van der Waals surface area contributed by atoms with Crippen LogP contribution in [0.15, 0.2) is 36.5 Å². The maximum Gasteiger partial charge on any atom is 0.151 e. The summed E-state index contributed by atoms with van der Waals surface area (Å²) in [6, 6.07) is 12.3. The number of fused-ring (bicyclic) bond motifs is 3. The van der Waals surface area contributed by atoms with Crippen LogP contribution in [0.25, 0.3) is 5.69 Å². The van der Waals surface area contributed by atoms with E-state index < -0.39 is 0 Å². The van der Waals surface area contributed by atoms with E-state index in [9.17, 15) is 5.26 Å². The van der Waals surface area contributed by atoms with Gasteiger partial charge in [0.05, 0.1) is 30.5 Å². The molecule has 2 fully saturated rings.